The largest absolute Gasteiger partial charge is 0.444 e. The summed E-state index contributed by atoms with van der Waals surface area (Å²) in [7, 11) is 0. The van der Waals surface area contributed by atoms with Gasteiger partial charge in [0.15, 0.2) is 5.13 Å². The molecule has 0 aliphatic carbocycles. The summed E-state index contributed by atoms with van der Waals surface area (Å²) in [6, 6.07) is 0.262. The first-order chi connectivity index (χ1) is 8.83. The molecule has 106 valence electrons. The molecule has 6 heteroatoms. The lowest BCUT2D eigenvalue weighted by Crippen LogP contribution is -2.36. The van der Waals surface area contributed by atoms with Gasteiger partial charge in [0.05, 0.1) is 5.69 Å². The molecular weight excluding hydrogens is 262 g/mol. The van der Waals surface area contributed by atoms with Crippen molar-refractivity contribution in [2.24, 2.45) is 0 Å². The van der Waals surface area contributed by atoms with Crippen molar-refractivity contribution in [3.05, 3.63) is 11.1 Å². The van der Waals surface area contributed by atoms with E-state index in [0.29, 0.717) is 6.54 Å². The summed E-state index contributed by atoms with van der Waals surface area (Å²) < 4.78 is 5.37. The predicted molar refractivity (Wildman–Crippen MR) is 76.7 cm³/mol. The molecule has 2 rings (SSSR count). The summed E-state index contributed by atoms with van der Waals surface area (Å²) in [4.78, 5) is 18.1. The van der Waals surface area contributed by atoms with Crippen LogP contribution in [-0.4, -0.2) is 40.7 Å². The second kappa shape index (κ2) is 5.36. The average molecular weight is 283 g/mol. The van der Waals surface area contributed by atoms with Gasteiger partial charge in [0.1, 0.15) is 5.60 Å². The van der Waals surface area contributed by atoms with Gasteiger partial charge in [-0.2, -0.15) is 0 Å². The molecule has 1 atom stereocenters. The molecule has 0 bridgehead atoms. The number of hydrogen-bond acceptors (Lipinski definition) is 5. The van der Waals surface area contributed by atoms with Crippen LogP contribution in [0.4, 0.5) is 9.93 Å². The molecule has 0 radical (unpaired) electrons. The number of amides is 1. The molecule has 5 nitrogen and oxygen atoms in total. The van der Waals surface area contributed by atoms with Crippen LogP contribution in [0.3, 0.4) is 0 Å². The number of rotatable bonds is 2. The van der Waals surface area contributed by atoms with Gasteiger partial charge in [-0.15, -0.1) is 11.3 Å². The number of aromatic nitrogens is 1. The Kier molecular flexibility index (Phi) is 3.99. The van der Waals surface area contributed by atoms with E-state index >= 15 is 0 Å². The molecule has 0 unspecified atom stereocenters. The fraction of sp³-hybridized carbons (Fsp3) is 0.692. The van der Waals surface area contributed by atoms with Crippen LogP contribution in [0.5, 0.6) is 0 Å². The minimum Gasteiger partial charge on any atom is -0.444 e. The van der Waals surface area contributed by atoms with Crippen LogP contribution < -0.4 is 5.32 Å². The van der Waals surface area contributed by atoms with Crippen LogP contribution in [0.1, 0.15) is 32.9 Å². The maximum absolute atomic E-state index is 11.9. The zero-order chi connectivity index (χ0) is 14.0. The number of ether oxygens (including phenoxy) is 1. The quantitative estimate of drug-likeness (QED) is 0.906. The Bertz CT molecular complexity index is 453. The van der Waals surface area contributed by atoms with Crippen molar-refractivity contribution in [1.82, 2.24) is 9.88 Å². The first-order valence-electron chi connectivity index (χ1n) is 6.50. The molecule has 19 heavy (non-hydrogen) atoms. The van der Waals surface area contributed by atoms with E-state index in [1.54, 1.807) is 16.2 Å². The third-order valence-corrected chi connectivity index (χ3v) is 3.68. The zero-order valence-electron chi connectivity index (χ0n) is 11.9. The Morgan fingerprint density at radius 2 is 2.32 bits per heavy atom. The normalized spacial score (nSPS) is 19.6. The molecule has 0 aromatic carbocycles. The second-order valence-electron chi connectivity index (χ2n) is 5.85. The van der Waals surface area contributed by atoms with Gasteiger partial charge >= 0.3 is 6.09 Å². The highest BCUT2D eigenvalue weighted by Gasteiger charge is 2.29. The molecule has 1 aliphatic heterocycles. The Hall–Kier alpha value is -1.30. The van der Waals surface area contributed by atoms with Crippen molar-refractivity contribution < 1.29 is 9.53 Å². The van der Waals surface area contributed by atoms with E-state index < -0.39 is 5.60 Å². The predicted octanol–water partition coefficient (Wildman–Crippen LogP) is 2.87. The number of carbonyl (C=O) groups excluding carboxylic acids is 1. The number of nitrogens with one attached hydrogen (secondary N) is 1. The molecule has 1 amide bonds. The first-order valence-corrected chi connectivity index (χ1v) is 7.38. The van der Waals surface area contributed by atoms with E-state index in [1.807, 2.05) is 33.1 Å². The highest BCUT2D eigenvalue weighted by Crippen LogP contribution is 2.21. The van der Waals surface area contributed by atoms with Crippen LogP contribution in [0.2, 0.25) is 0 Å². The number of thiazole rings is 1. The average Bonchev–Trinajstić information content (AvgIpc) is 2.86. The molecule has 2 heterocycles. The summed E-state index contributed by atoms with van der Waals surface area (Å²) in [5, 5.41) is 6.31. The fourth-order valence-corrected chi connectivity index (χ4v) is 2.73. The number of nitrogens with zero attached hydrogens (tertiary/aromatic N) is 2. The fourth-order valence-electron chi connectivity index (χ4n) is 1.97. The third-order valence-electron chi connectivity index (χ3n) is 2.79. The van der Waals surface area contributed by atoms with E-state index in [1.165, 1.54) is 0 Å². The number of likely N-dealkylation sites (tertiary alicyclic amines) is 1. The Morgan fingerprint density at radius 1 is 1.58 bits per heavy atom. The van der Waals surface area contributed by atoms with Crippen LogP contribution in [0, 0.1) is 6.92 Å². The van der Waals surface area contributed by atoms with Crippen LogP contribution in [0.15, 0.2) is 5.38 Å². The van der Waals surface area contributed by atoms with E-state index in [4.69, 9.17) is 4.74 Å². The number of aryl methyl sites for hydroxylation is 1. The Balaban J connectivity index is 1.84. The number of anilines is 1. The summed E-state index contributed by atoms with van der Waals surface area (Å²) in [5.41, 5.74) is 0.587. The first kappa shape index (κ1) is 14.1. The van der Waals surface area contributed by atoms with Crippen molar-refractivity contribution in [3.63, 3.8) is 0 Å². The standard InChI is InChI=1S/C13H21N3O2S/c1-9-8-19-11(14-9)15-10-5-6-16(7-10)12(17)18-13(2,3)4/h8,10H,5-7H2,1-4H3,(H,14,15)/t10-/m0/s1. The van der Waals surface area contributed by atoms with Gasteiger partial charge in [-0.05, 0) is 34.1 Å². The third kappa shape index (κ3) is 4.09. The Morgan fingerprint density at radius 3 is 2.89 bits per heavy atom. The van der Waals surface area contributed by atoms with Gasteiger partial charge in [-0.1, -0.05) is 0 Å². The van der Waals surface area contributed by atoms with Gasteiger partial charge in [0.25, 0.3) is 0 Å². The van der Waals surface area contributed by atoms with E-state index in [2.05, 4.69) is 10.3 Å². The van der Waals surface area contributed by atoms with Crippen LogP contribution >= 0.6 is 11.3 Å². The molecule has 0 spiro atoms. The molecule has 1 fully saturated rings. The molecule has 1 saturated heterocycles. The number of hydrogen-bond donors (Lipinski definition) is 1. The van der Waals surface area contributed by atoms with Gasteiger partial charge in [0, 0.05) is 24.5 Å². The maximum atomic E-state index is 11.9. The van der Waals surface area contributed by atoms with Crippen molar-refractivity contribution >= 4 is 22.6 Å². The topological polar surface area (TPSA) is 54.5 Å². The van der Waals surface area contributed by atoms with Crippen molar-refractivity contribution in [1.29, 1.82) is 0 Å². The second-order valence-corrected chi connectivity index (χ2v) is 6.71. The lowest BCUT2D eigenvalue weighted by molar-refractivity contribution is 0.0293. The summed E-state index contributed by atoms with van der Waals surface area (Å²) in [6.45, 7) is 9.03. The van der Waals surface area contributed by atoms with Crippen molar-refractivity contribution in [2.45, 2.75) is 45.8 Å². The monoisotopic (exact) mass is 283 g/mol. The van der Waals surface area contributed by atoms with Crippen LogP contribution in [-0.2, 0) is 4.74 Å². The van der Waals surface area contributed by atoms with Crippen molar-refractivity contribution in [3.8, 4) is 0 Å². The summed E-state index contributed by atoms with van der Waals surface area (Å²) >= 11 is 1.60. The minimum absolute atomic E-state index is 0.230. The smallest absolute Gasteiger partial charge is 0.410 e. The Labute approximate surface area is 118 Å². The van der Waals surface area contributed by atoms with E-state index in [9.17, 15) is 4.79 Å². The van der Waals surface area contributed by atoms with E-state index in [-0.39, 0.29) is 12.1 Å². The molecule has 1 aliphatic rings. The summed E-state index contributed by atoms with van der Waals surface area (Å²) in [6.07, 6.45) is 0.699. The summed E-state index contributed by atoms with van der Waals surface area (Å²) in [5.74, 6) is 0. The molecule has 1 aromatic rings. The SMILES string of the molecule is Cc1csc(N[C@H]2CCN(C(=O)OC(C)(C)C)C2)n1. The number of carbonyl (C=O) groups is 1. The van der Waals surface area contributed by atoms with Gasteiger partial charge in [-0.3, -0.25) is 0 Å². The highest BCUT2D eigenvalue weighted by atomic mass is 32.1. The van der Waals surface area contributed by atoms with Crippen LogP contribution in [0.25, 0.3) is 0 Å². The van der Waals surface area contributed by atoms with Gasteiger partial charge in [-0.25, -0.2) is 9.78 Å². The molecule has 1 aromatic heterocycles. The lowest BCUT2D eigenvalue weighted by atomic mass is 10.2. The molecular formula is C13H21N3O2S. The van der Waals surface area contributed by atoms with Gasteiger partial charge < -0.3 is 15.0 Å². The highest BCUT2D eigenvalue weighted by molar-refractivity contribution is 7.13. The zero-order valence-corrected chi connectivity index (χ0v) is 12.7. The maximum Gasteiger partial charge on any atom is 0.410 e. The molecule has 0 saturated carbocycles. The van der Waals surface area contributed by atoms with E-state index in [0.717, 1.165) is 23.8 Å². The van der Waals surface area contributed by atoms with Gasteiger partial charge in [0.2, 0.25) is 0 Å². The molecule has 1 N–H and O–H groups in total. The lowest BCUT2D eigenvalue weighted by Gasteiger charge is -2.24. The minimum atomic E-state index is -0.435. The van der Waals surface area contributed by atoms with Crippen molar-refractivity contribution in [2.75, 3.05) is 18.4 Å².